The van der Waals surface area contributed by atoms with Gasteiger partial charge in [0.15, 0.2) is 0 Å². The Hall–Kier alpha value is -7.62. The van der Waals surface area contributed by atoms with Gasteiger partial charge in [-0.25, -0.2) is 0 Å². The van der Waals surface area contributed by atoms with Crippen LogP contribution in [0.2, 0.25) is 0 Å². The summed E-state index contributed by atoms with van der Waals surface area (Å²) < 4.78 is 4.85. The predicted octanol–water partition coefficient (Wildman–Crippen LogP) is 14.7. The second-order valence-electron chi connectivity index (χ2n) is 14.5. The summed E-state index contributed by atoms with van der Waals surface area (Å²) in [6.45, 7) is 0. The standard InChI is InChI=1S/C54H37N3/c1-5-19-38(20-6-1)43-27-13-15-31-48(43)56(52-34-18-30-46-45-28-14-16-32-49(45)57(54(46)52)41-25-11-4-12-26-41)42-35-36-50-47(37-42)53-44(39-21-7-2-8-22-39)29-17-33-51(53)55(50)40-23-9-3-10-24-40/h1-37H. The fourth-order valence-electron chi connectivity index (χ4n) is 8.88. The lowest BCUT2D eigenvalue weighted by atomic mass is 9.98. The lowest BCUT2D eigenvalue weighted by molar-refractivity contribution is 1.16. The first-order chi connectivity index (χ1) is 28.3. The van der Waals surface area contributed by atoms with E-state index < -0.39 is 0 Å². The molecule has 0 radical (unpaired) electrons. The molecule has 0 N–H and O–H groups in total. The SMILES string of the molecule is c1ccc(-c2ccccc2N(c2ccc3c(c2)c2c(-c4ccccc4)cccc2n3-c2ccccc2)c2cccc3c4ccccc4n(-c4ccccc4)c23)cc1. The molecule has 3 nitrogen and oxygen atoms in total. The molecule has 0 saturated carbocycles. The summed E-state index contributed by atoms with van der Waals surface area (Å²) in [5.74, 6) is 0. The molecule has 0 amide bonds. The number of aromatic nitrogens is 2. The topological polar surface area (TPSA) is 13.1 Å². The normalized spacial score (nSPS) is 11.5. The molecule has 11 aromatic rings. The number of hydrogen-bond donors (Lipinski definition) is 0. The van der Waals surface area contributed by atoms with Crippen molar-refractivity contribution in [2.75, 3.05) is 4.90 Å². The van der Waals surface area contributed by atoms with Gasteiger partial charge in [-0.05, 0) is 83.4 Å². The quantitative estimate of drug-likeness (QED) is 0.159. The molecule has 0 aliphatic carbocycles. The van der Waals surface area contributed by atoms with Crippen LogP contribution in [0.25, 0.3) is 77.2 Å². The summed E-state index contributed by atoms with van der Waals surface area (Å²) in [6.07, 6.45) is 0. The maximum absolute atomic E-state index is 2.49. The van der Waals surface area contributed by atoms with Gasteiger partial charge in [-0.3, -0.25) is 0 Å². The summed E-state index contributed by atoms with van der Waals surface area (Å²) in [4.78, 5) is 2.49. The van der Waals surface area contributed by atoms with E-state index >= 15 is 0 Å². The van der Waals surface area contributed by atoms with Crippen molar-refractivity contribution in [1.29, 1.82) is 0 Å². The van der Waals surface area contributed by atoms with Crippen molar-refractivity contribution < 1.29 is 0 Å². The molecule has 0 spiro atoms. The van der Waals surface area contributed by atoms with Gasteiger partial charge >= 0.3 is 0 Å². The van der Waals surface area contributed by atoms with Crippen LogP contribution < -0.4 is 4.90 Å². The minimum Gasteiger partial charge on any atom is -0.309 e. The number of hydrogen-bond acceptors (Lipinski definition) is 1. The van der Waals surface area contributed by atoms with Crippen molar-refractivity contribution in [2.45, 2.75) is 0 Å². The van der Waals surface area contributed by atoms with Crippen molar-refractivity contribution in [3.05, 3.63) is 224 Å². The first-order valence-electron chi connectivity index (χ1n) is 19.5. The van der Waals surface area contributed by atoms with E-state index in [1.807, 2.05) is 0 Å². The average Bonchev–Trinajstić information content (AvgIpc) is 3.81. The lowest BCUT2D eigenvalue weighted by Crippen LogP contribution is -2.13. The Kier molecular flexibility index (Phi) is 7.82. The van der Waals surface area contributed by atoms with Crippen LogP contribution in [0.15, 0.2) is 224 Å². The summed E-state index contributed by atoms with van der Waals surface area (Å²) in [5, 5.41) is 4.87. The Morgan fingerprint density at radius 3 is 1.56 bits per heavy atom. The highest BCUT2D eigenvalue weighted by atomic mass is 15.2. The van der Waals surface area contributed by atoms with E-state index in [4.69, 9.17) is 0 Å². The van der Waals surface area contributed by atoms with Crippen LogP contribution in [-0.4, -0.2) is 9.13 Å². The van der Waals surface area contributed by atoms with Crippen LogP contribution >= 0.6 is 0 Å². The third-order valence-electron chi connectivity index (χ3n) is 11.3. The number of para-hydroxylation sites is 5. The second-order valence-corrected chi connectivity index (χ2v) is 14.5. The predicted molar refractivity (Wildman–Crippen MR) is 241 cm³/mol. The Labute approximate surface area is 331 Å². The summed E-state index contributed by atoms with van der Waals surface area (Å²) in [5.41, 5.74) is 15.0. The first kappa shape index (κ1) is 32.8. The van der Waals surface area contributed by atoms with Crippen molar-refractivity contribution in [3.63, 3.8) is 0 Å². The van der Waals surface area contributed by atoms with E-state index in [-0.39, 0.29) is 0 Å². The Bertz CT molecular complexity index is 3220. The van der Waals surface area contributed by atoms with Crippen LogP contribution in [0.1, 0.15) is 0 Å². The number of anilines is 3. The van der Waals surface area contributed by atoms with Crippen LogP contribution in [0.4, 0.5) is 17.1 Å². The molecular weight excluding hydrogens is 691 g/mol. The molecule has 2 aromatic heterocycles. The van der Waals surface area contributed by atoms with Gasteiger partial charge in [0.2, 0.25) is 0 Å². The summed E-state index contributed by atoms with van der Waals surface area (Å²) in [7, 11) is 0. The average molecular weight is 728 g/mol. The van der Waals surface area contributed by atoms with E-state index in [1.54, 1.807) is 0 Å². The lowest BCUT2D eigenvalue weighted by Gasteiger charge is -2.29. The van der Waals surface area contributed by atoms with Gasteiger partial charge in [-0.15, -0.1) is 0 Å². The number of fused-ring (bicyclic) bond motifs is 6. The van der Waals surface area contributed by atoms with Crippen molar-refractivity contribution >= 4 is 60.7 Å². The van der Waals surface area contributed by atoms with Crippen LogP contribution in [0.5, 0.6) is 0 Å². The second kappa shape index (κ2) is 13.6. The molecule has 0 aliphatic heterocycles. The largest absolute Gasteiger partial charge is 0.309 e. The molecule has 0 aliphatic rings. The minimum atomic E-state index is 1.08. The van der Waals surface area contributed by atoms with E-state index in [2.05, 4.69) is 238 Å². The third-order valence-corrected chi connectivity index (χ3v) is 11.3. The van der Waals surface area contributed by atoms with Gasteiger partial charge in [0.05, 0.1) is 33.4 Å². The van der Waals surface area contributed by atoms with Crippen LogP contribution in [0.3, 0.4) is 0 Å². The molecule has 3 heteroatoms. The molecule has 57 heavy (non-hydrogen) atoms. The maximum Gasteiger partial charge on any atom is 0.0782 e. The zero-order valence-corrected chi connectivity index (χ0v) is 31.2. The third kappa shape index (κ3) is 5.36. The van der Waals surface area contributed by atoms with Gasteiger partial charge in [-0.1, -0.05) is 158 Å². The van der Waals surface area contributed by atoms with Gasteiger partial charge in [0.25, 0.3) is 0 Å². The number of nitrogens with zero attached hydrogens (tertiary/aromatic N) is 3. The van der Waals surface area contributed by atoms with Crippen molar-refractivity contribution in [2.24, 2.45) is 0 Å². The molecule has 11 rings (SSSR count). The molecule has 0 saturated heterocycles. The van der Waals surface area contributed by atoms with E-state index in [0.29, 0.717) is 0 Å². The van der Waals surface area contributed by atoms with Gasteiger partial charge in [0.1, 0.15) is 0 Å². The summed E-state index contributed by atoms with van der Waals surface area (Å²) in [6, 6.07) is 81.2. The monoisotopic (exact) mass is 727 g/mol. The van der Waals surface area contributed by atoms with Crippen LogP contribution in [-0.2, 0) is 0 Å². The summed E-state index contributed by atoms with van der Waals surface area (Å²) >= 11 is 0. The molecule has 0 unspecified atom stereocenters. The molecule has 9 aromatic carbocycles. The number of benzene rings is 9. The van der Waals surface area contributed by atoms with E-state index in [1.165, 1.54) is 49.3 Å². The smallest absolute Gasteiger partial charge is 0.0782 e. The minimum absolute atomic E-state index is 1.08. The van der Waals surface area contributed by atoms with E-state index in [9.17, 15) is 0 Å². The highest BCUT2D eigenvalue weighted by Crippen LogP contribution is 2.48. The van der Waals surface area contributed by atoms with Gasteiger partial charge in [-0.2, -0.15) is 0 Å². The van der Waals surface area contributed by atoms with Crippen LogP contribution in [0, 0.1) is 0 Å². The number of rotatable bonds is 7. The van der Waals surface area contributed by atoms with E-state index in [0.717, 1.165) is 45.0 Å². The fourth-order valence-corrected chi connectivity index (χ4v) is 8.88. The molecule has 0 bridgehead atoms. The zero-order valence-electron chi connectivity index (χ0n) is 31.2. The van der Waals surface area contributed by atoms with Gasteiger partial charge in [0, 0.05) is 44.2 Å². The molecule has 2 heterocycles. The van der Waals surface area contributed by atoms with Crippen molar-refractivity contribution in [3.8, 4) is 33.6 Å². The Morgan fingerprint density at radius 1 is 0.316 bits per heavy atom. The maximum atomic E-state index is 2.49. The first-order valence-corrected chi connectivity index (χ1v) is 19.5. The van der Waals surface area contributed by atoms with Gasteiger partial charge < -0.3 is 14.0 Å². The zero-order chi connectivity index (χ0) is 37.7. The Balaban J connectivity index is 1.27. The highest BCUT2D eigenvalue weighted by Gasteiger charge is 2.25. The fraction of sp³-hybridized carbons (Fsp3) is 0. The molecule has 268 valence electrons. The molecule has 0 atom stereocenters. The highest BCUT2D eigenvalue weighted by molar-refractivity contribution is 6.18. The van der Waals surface area contributed by atoms with Crippen molar-refractivity contribution in [1.82, 2.24) is 9.13 Å². The Morgan fingerprint density at radius 2 is 0.825 bits per heavy atom. The molecular formula is C54H37N3. The molecule has 0 fully saturated rings.